The molecule has 1 aromatic heterocycles. The summed E-state index contributed by atoms with van der Waals surface area (Å²) in [5.74, 6) is 0.0337. The molecule has 0 fully saturated rings. The van der Waals surface area contributed by atoms with Gasteiger partial charge < -0.3 is 0 Å². The number of halogens is 1. The first-order valence-corrected chi connectivity index (χ1v) is 7.56. The summed E-state index contributed by atoms with van der Waals surface area (Å²) in [6.07, 6.45) is 1.31. The van der Waals surface area contributed by atoms with Crippen LogP contribution in [0.25, 0.3) is 0 Å². The third kappa shape index (κ3) is 4.60. The van der Waals surface area contributed by atoms with E-state index in [1.54, 1.807) is 18.6 Å². The molecule has 2 amide bonds. The lowest BCUT2D eigenvalue weighted by atomic mass is 10.3. The standard InChI is InChI=1S/C10H13BrN4O3S/c1-4-5-19(17,18)15-10(16)14-9-12-6(2)8(11)7(3)13-9/h4-5H,1-3H3,(H2,12,13,14,15,16). The third-order valence-corrected chi connectivity index (χ3v) is 4.21. The molecule has 7 nitrogen and oxygen atoms in total. The summed E-state index contributed by atoms with van der Waals surface area (Å²) in [5, 5.41) is 3.14. The number of anilines is 1. The van der Waals surface area contributed by atoms with Gasteiger partial charge in [-0.2, -0.15) is 0 Å². The quantitative estimate of drug-likeness (QED) is 0.867. The molecule has 0 bridgehead atoms. The lowest BCUT2D eigenvalue weighted by molar-refractivity contribution is 0.256. The second-order valence-corrected chi connectivity index (χ2v) is 5.96. The molecule has 1 aromatic rings. The maximum Gasteiger partial charge on any atom is 0.335 e. The van der Waals surface area contributed by atoms with Crippen molar-refractivity contribution in [2.45, 2.75) is 20.8 Å². The van der Waals surface area contributed by atoms with Gasteiger partial charge in [-0.1, -0.05) is 6.08 Å². The molecule has 9 heteroatoms. The molecule has 104 valence electrons. The molecule has 1 rings (SSSR count). The van der Waals surface area contributed by atoms with Crippen LogP contribution in [0.5, 0.6) is 0 Å². The summed E-state index contributed by atoms with van der Waals surface area (Å²) in [4.78, 5) is 19.5. The fourth-order valence-corrected chi connectivity index (χ4v) is 2.14. The summed E-state index contributed by atoms with van der Waals surface area (Å²) in [7, 11) is -3.79. The number of carbonyl (C=O) groups is 1. The Balaban J connectivity index is 2.84. The average molecular weight is 349 g/mol. The number of aromatic nitrogens is 2. The number of nitrogens with zero attached hydrogens (tertiary/aromatic N) is 2. The first kappa shape index (κ1) is 15.6. The summed E-state index contributed by atoms with van der Waals surface area (Å²) in [6, 6.07) is -0.917. The highest BCUT2D eigenvalue weighted by atomic mass is 79.9. The van der Waals surface area contributed by atoms with Crippen molar-refractivity contribution < 1.29 is 13.2 Å². The van der Waals surface area contributed by atoms with Gasteiger partial charge in [-0.15, -0.1) is 0 Å². The number of nitrogens with one attached hydrogen (secondary N) is 2. The van der Waals surface area contributed by atoms with Gasteiger partial charge in [0.25, 0.3) is 10.0 Å². The molecule has 2 N–H and O–H groups in total. The van der Waals surface area contributed by atoms with E-state index in [-0.39, 0.29) is 5.95 Å². The number of hydrogen-bond donors (Lipinski definition) is 2. The Morgan fingerprint density at radius 2 is 1.79 bits per heavy atom. The second-order valence-electron chi connectivity index (χ2n) is 3.60. The number of aryl methyl sites for hydroxylation is 2. The topological polar surface area (TPSA) is 101 Å². The highest BCUT2D eigenvalue weighted by Gasteiger charge is 2.13. The van der Waals surface area contributed by atoms with Crippen molar-refractivity contribution >= 4 is 37.9 Å². The van der Waals surface area contributed by atoms with Crippen LogP contribution < -0.4 is 10.0 Å². The molecule has 19 heavy (non-hydrogen) atoms. The number of allylic oxidation sites excluding steroid dienone is 1. The zero-order valence-electron chi connectivity index (χ0n) is 10.6. The molecule has 0 unspecified atom stereocenters. The monoisotopic (exact) mass is 348 g/mol. The summed E-state index contributed by atoms with van der Waals surface area (Å²) >= 11 is 3.29. The van der Waals surface area contributed by atoms with Crippen LogP contribution in [0, 0.1) is 13.8 Å². The van der Waals surface area contributed by atoms with Crippen LogP contribution in [-0.4, -0.2) is 24.4 Å². The Bertz CT molecular complexity index is 605. The van der Waals surface area contributed by atoms with Crippen LogP contribution in [0.2, 0.25) is 0 Å². The van der Waals surface area contributed by atoms with E-state index in [0.717, 1.165) is 9.88 Å². The van der Waals surface area contributed by atoms with Crippen molar-refractivity contribution in [2.24, 2.45) is 0 Å². The van der Waals surface area contributed by atoms with E-state index < -0.39 is 16.1 Å². The van der Waals surface area contributed by atoms with E-state index in [2.05, 4.69) is 31.2 Å². The number of amides is 2. The molecule has 0 aliphatic heterocycles. The Hall–Kier alpha value is -1.48. The molecule has 1 heterocycles. The van der Waals surface area contributed by atoms with Gasteiger partial charge in [0.2, 0.25) is 5.95 Å². The van der Waals surface area contributed by atoms with Crippen molar-refractivity contribution in [1.29, 1.82) is 0 Å². The van der Waals surface area contributed by atoms with Crippen LogP contribution in [0.3, 0.4) is 0 Å². The van der Waals surface area contributed by atoms with Crippen LogP contribution in [0.4, 0.5) is 10.7 Å². The molecule has 0 atom stereocenters. The van der Waals surface area contributed by atoms with E-state index in [1.807, 2.05) is 0 Å². The number of hydrogen-bond acceptors (Lipinski definition) is 5. The van der Waals surface area contributed by atoms with Crippen LogP contribution in [0.1, 0.15) is 18.3 Å². The number of rotatable bonds is 3. The normalized spacial score (nSPS) is 11.6. The van der Waals surface area contributed by atoms with E-state index in [9.17, 15) is 13.2 Å². The summed E-state index contributed by atoms with van der Waals surface area (Å²) in [6.45, 7) is 5.00. The second kappa shape index (κ2) is 6.11. The van der Waals surface area contributed by atoms with E-state index in [1.165, 1.54) is 13.0 Å². The minimum absolute atomic E-state index is 0.0337. The van der Waals surface area contributed by atoms with Crippen LogP contribution in [-0.2, 0) is 10.0 Å². The van der Waals surface area contributed by atoms with Crippen molar-refractivity contribution in [3.8, 4) is 0 Å². The smallest absolute Gasteiger partial charge is 0.275 e. The third-order valence-electron chi connectivity index (χ3n) is 1.96. The van der Waals surface area contributed by atoms with Crippen LogP contribution >= 0.6 is 15.9 Å². The zero-order valence-corrected chi connectivity index (χ0v) is 13.0. The maximum absolute atomic E-state index is 11.5. The number of sulfonamides is 1. The van der Waals surface area contributed by atoms with Gasteiger partial charge in [-0.25, -0.2) is 27.9 Å². The predicted molar refractivity (Wildman–Crippen MR) is 75.1 cm³/mol. The summed E-state index contributed by atoms with van der Waals surface area (Å²) in [5.41, 5.74) is 1.28. The molecule has 0 aromatic carbocycles. The Morgan fingerprint density at radius 3 is 2.26 bits per heavy atom. The van der Waals surface area contributed by atoms with E-state index >= 15 is 0 Å². The largest absolute Gasteiger partial charge is 0.335 e. The molecule has 0 aliphatic carbocycles. The van der Waals surface area contributed by atoms with Crippen molar-refractivity contribution in [3.05, 3.63) is 27.3 Å². The van der Waals surface area contributed by atoms with Crippen molar-refractivity contribution in [2.75, 3.05) is 5.32 Å². The van der Waals surface area contributed by atoms with E-state index in [4.69, 9.17) is 0 Å². The van der Waals surface area contributed by atoms with Gasteiger partial charge in [0.05, 0.1) is 15.9 Å². The van der Waals surface area contributed by atoms with E-state index in [0.29, 0.717) is 11.4 Å². The van der Waals surface area contributed by atoms with Gasteiger partial charge in [0, 0.05) is 5.41 Å². The van der Waals surface area contributed by atoms with Gasteiger partial charge in [-0.3, -0.25) is 5.32 Å². The Morgan fingerprint density at radius 1 is 1.26 bits per heavy atom. The maximum atomic E-state index is 11.5. The minimum atomic E-state index is -3.79. The fraction of sp³-hybridized carbons (Fsp3) is 0.300. The molecule has 0 saturated heterocycles. The van der Waals surface area contributed by atoms with Gasteiger partial charge in [0.15, 0.2) is 0 Å². The SMILES string of the molecule is CC=CS(=O)(=O)NC(=O)Nc1nc(C)c(Br)c(C)n1. The fourth-order valence-electron chi connectivity index (χ4n) is 1.23. The van der Waals surface area contributed by atoms with Gasteiger partial charge >= 0.3 is 6.03 Å². The molecule has 0 spiro atoms. The molecule has 0 radical (unpaired) electrons. The zero-order chi connectivity index (χ0) is 14.6. The molecule has 0 saturated carbocycles. The molecule has 0 aliphatic rings. The number of urea groups is 1. The Labute approximate surface area is 119 Å². The van der Waals surface area contributed by atoms with Crippen molar-refractivity contribution in [1.82, 2.24) is 14.7 Å². The Kier molecular flexibility index (Phi) is 5.01. The highest BCUT2D eigenvalue weighted by molar-refractivity contribution is 9.10. The molecular formula is C10H13BrN4O3S. The van der Waals surface area contributed by atoms with Gasteiger partial charge in [-0.05, 0) is 36.7 Å². The number of carbonyl (C=O) groups excluding carboxylic acids is 1. The van der Waals surface area contributed by atoms with Crippen molar-refractivity contribution in [3.63, 3.8) is 0 Å². The lowest BCUT2D eigenvalue weighted by Gasteiger charge is -2.07. The lowest BCUT2D eigenvalue weighted by Crippen LogP contribution is -2.33. The summed E-state index contributed by atoms with van der Waals surface area (Å²) < 4.78 is 25.2. The highest BCUT2D eigenvalue weighted by Crippen LogP contribution is 2.18. The molecular weight excluding hydrogens is 336 g/mol. The average Bonchev–Trinajstić information content (AvgIpc) is 2.24. The van der Waals surface area contributed by atoms with Gasteiger partial charge in [0.1, 0.15) is 0 Å². The minimum Gasteiger partial charge on any atom is -0.275 e. The first-order chi connectivity index (χ1) is 8.75. The first-order valence-electron chi connectivity index (χ1n) is 5.22. The van der Waals surface area contributed by atoms with Crippen LogP contribution in [0.15, 0.2) is 16.0 Å². The predicted octanol–water partition coefficient (Wildman–Crippen LogP) is 1.84.